The van der Waals surface area contributed by atoms with Crippen LogP contribution in [0.4, 0.5) is 0 Å². The fourth-order valence-corrected chi connectivity index (χ4v) is 3.06. The lowest BCUT2D eigenvalue weighted by Crippen LogP contribution is -2.17. The molecule has 1 fully saturated rings. The Kier molecular flexibility index (Phi) is 5.08. The summed E-state index contributed by atoms with van der Waals surface area (Å²) in [5.41, 5.74) is 1.86. The molecule has 0 aliphatic carbocycles. The molecule has 1 saturated heterocycles. The van der Waals surface area contributed by atoms with Crippen LogP contribution in [-0.2, 0) is 15.2 Å². The highest BCUT2D eigenvalue weighted by atomic mass is 32.2. The molecule has 0 unspecified atom stereocenters. The predicted octanol–water partition coefficient (Wildman–Crippen LogP) is 2.89. The number of hydrogen-bond donors (Lipinski definition) is 0. The van der Waals surface area contributed by atoms with Gasteiger partial charge in [0.15, 0.2) is 0 Å². The first-order valence-electron chi connectivity index (χ1n) is 6.16. The molecule has 1 aliphatic heterocycles. The summed E-state index contributed by atoms with van der Waals surface area (Å²) in [6.07, 6.45) is 2.29. The van der Waals surface area contributed by atoms with Gasteiger partial charge >= 0.3 is 5.97 Å². The molecule has 1 aromatic rings. The first kappa shape index (κ1) is 13.4. The second kappa shape index (κ2) is 6.81. The summed E-state index contributed by atoms with van der Waals surface area (Å²) < 4.78 is 10.0. The van der Waals surface area contributed by atoms with Crippen molar-refractivity contribution in [3.8, 4) is 0 Å². The zero-order valence-corrected chi connectivity index (χ0v) is 11.4. The molecule has 3 nitrogen and oxygen atoms in total. The quantitative estimate of drug-likeness (QED) is 0.785. The number of esters is 1. The Morgan fingerprint density at radius 1 is 1.33 bits per heavy atom. The van der Waals surface area contributed by atoms with Crippen molar-refractivity contribution >= 4 is 17.7 Å². The molecule has 1 heterocycles. The topological polar surface area (TPSA) is 35.5 Å². The molecular weight excluding hydrogens is 248 g/mol. The highest BCUT2D eigenvalue weighted by Gasteiger charge is 2.14. The Balaban J connectivity index is 1.84. The molecule has 0 bridgehead atoms. The Morgan fingerprint density at radius 2 is 2.00 bits per heavy atom. The number of methoxy groups -OCH3 is 1. The second-order valence-electron chi connectivity index (χ2n) is 4.31. The minimum atomic E-state index is -0.279. The van der Waals surface area contributed by atoms with E-state index in [9.17, 15) is 4.79 Å². The van der Waals surface area contributed by atoms with E-state index in [0.717, 1.165) is 31.8 Å². The maximum Gasteiger partial charge on any atom is 0.337 e. The van der Waals surface area contributed by atoms with Gasteiger partial charge in [-0.1, -0.05) is 12.1 Å². The number of rotatable bonds is 4. The molecule has 4 heteroatoms. The molecule has 0 atom stereocenters. The molecule has 1 aliphatic rings. The van der Waals surface area contributed by atoms with Gasteiger partial charge < -0.3 is 9.47 Å². The molecule has 0 aromatic heterocycles. The summed E-state index contributed by atoms with van der Waals surface area (Å²) in [6, 6.07) is 7.65. The number of carbonyl (C=O) groups excluding carboxylic acids is 1. The number of thioether (sulfide) groups is 1. The maximum absolute atomic E-state index is 11.3. The molecule has 2 rings (SSSR count). The minimum Gasteiger partial charge on any atom is -0.465 e. The molecule has 98 valence electrons. The zero-order chi connectivity index (χ0) is 12.8. The number of carbonyl (C=O) groups is 1. The summed E-state index contributed by atoms with van der Waals surface area (Å²) in [5, 5.41) is 0.707. The summed E-state index contributed by atoms with van der Waals surface area (Å²) >= 11 is 1.97. The molecule has 0 N–H and O–H groups in total. The van der Waals surface area contributed by atoms with E-state index in [2.05, 4.69) is 4.74 Å². The van der Waals surface area contributed by atoms with Gasteiger partial charge in [-0.3, -0.25) is 0 Å². The summed E-state index contributed by atoms with van der Waals surface area (Å²) in [4.78, 5) is 11.3. The van der Waals surface area contributed by atoms with E-state index >= 15 is 0 Å². The Labute approximate surface area is 112 Å². The van der Waals surface area contributed by atoms with Crippen LogP contribution in [0.25, 0.3) is 0 Å². The normalized spacial score (nSPS) is 16.5. The van der Waals surface area contributed by atoms with Gasteiger partial charge in [0.2, 0.25) is 0 Å². The van der Waals surface area contributed by atoms with Crippen molar-refractivity contribution < 1.29 is 14.3 Å². The second-order valence-corrected chi connectivity index (χ2v) is 5.60. The van der Waals surface area contributed by atoms with Crippen LogP contribution in [0.1, 0.15) is 28.8 Å². The lowest BCUT2D eigenvalue weighted by molar-refractivity contribution is 0.0600. The van der Waals surface area contributed by atoms with Crippen molar-refractivity contribution in [2.24, 2.45) is 0 Å². The summed E-state index contributed by atoms with van der Waals surface area (Å²) in [7, 11) is 1.40. The fourth-order valence-electron chi connectivity index (χ4n) is 1.91. The third-order valence-electron chi connectivity index (χ3n) is 3.03. The van der Waals surface area contributed by atoms with Crippen molar-refractivity contribution in [3.05, 3.63) is 35.4 Å². The predicted molar refractivity (Wildman–Crippen MR) is 72.9 cm³/mol. The fraction of sp³-hybridized carbons (Fsp3) is 0.500. The van der Waals surface area contributed by atoms with E-state index in [1.165, 1.54) is 12.7 Å². The highest BCUT2D eigenvalue weighted by Crippen LogP contribution is 2.25. The van der Waals surface area contributed by atoms with Crippen LogP contribution in [0.3, 0.4) is 0 Å². The third-order valence-corrected chi connectivity index (χ3v) is 4.47. The van der Waals surface area contributed by atoms with Crippen LogP contribution >= 0.6 is 11.8 Å². The van der Waals surface area contributed by atoms with Gasteiger partial charge in [-0.25, -0.2) is 4.79 Å². The standard InChI is InChI=1S/C14H18O3S/c1-16-14(15)12-4-2-11(3-5-12)10-18-13-6-8-17-9-7-13/h2-5,13H,6-10H2,1H3. The molecule has 0 amide bonds. The van der Waals surface area contributed by atoms with E-state index < -0.39 is 0 Å². The van der Waals surface area contributed by atoms with Gasteiger partial charge in [0.05, 0.1) is 12.7 Å². The number of ether oxygens (including phenoxy) is 2. The lowest BCUT2D eigenvalue weighted by atomic mass is 10.1. The first-order valence-corrected chi connectivity index (χ1v) is 7.21. The Bertz CT molecular complexity index is 383. The monoisotopic (exact) mass is 266 g/mol. The van der Waals surface area contributed by atoms with Crippen molar-refractivity contribution in [1.29, 1.82) is 0 Å². The lowest BCUT2D eigenvalue weighted by Gasteiger charge is -2.21. The summed E-state index contributed by atoms with van der Waals surface area (Å²) in [5.74, 6) is 0.713. The zero-order valence-electron chi connectivity index (χ0n) is 10.6. The SMILES string of the molecule is COC(=O)c1ccc(CSC2CCOCC2)cc1. The van der Waals surface area contributed by atoms with E-state index in [1.54, 1.807) is 0 Å². The average Bonchev–Trinajstić information content (AvgIpc) is 2.46. The van der Waals surface area contributed by atoms with Gasteiger partial charge in [-0.05, 0) is 30.5 Å². The maximum atomic E-state index is 11.3. The first-order chi connectivity index (χ1) is 8.79. The molecule has 1 aromatic carbocycles. The molecular formula is C14H18O3S. The van der Waals surface area contributed by atoms with Gasteiger partial charge in [0.1, 0.15) is 0 Å². The van der Waals surface area contributed by atoms with Crippen LogP contribution in [0.5, 0.6) is 0 Å². The van der Waals surface area contributed by atoms with Crippen LogP contribution in [0.15, 0.2) is 24.3 Å². The smallest absolute Gasteiger partial charge is 0.337 e. The van der Waals surface area contributed by atoms with Crippen LogP contribution < -0.4 is 0 Å². The largest absolute Gasteiger partial charge is 0.465 e. The van der Waals surface area contributed by atoms with Gasteiger partial charge in [0.25, 0.3) is 0 Å². The van der Waals surface area contributed by atoms with E-state index in [4.69, 9.17) is 4.74 Å². The average molecular weight is 266 g/mol. The molecule has 0 saturated carbocycles. The van der Waals surface area contributed by atoms with Crippen LogP contribution in [-0.4, -0.2) is 31.5 Å². The molecule has 0 spiro atoms. The van der Waals surface area contributed by atoms with Crippen LogP contribution in [0, 0.1) is 0 Å². The van der Waals surface area contributed by atoms with Crippen molar-refractivity contribution in [3.63, 3.8) is 0 Å². The number of hydrogen-bond acceptors (Lipinski definition) is 4. The van der Waals surface area contributed by atoms with Crippen LogP contribution in [0.2, 0.25) is 0 Å². The molecule has 0 radical (unpaired) electrons. The van der Waals surface area contributed by atoms with Gasteiger partial charge in [-0.2, -0.15) is 11.8 Å². The van der Waals surface area contributed by atoms with Crippen molar-refractivity contribution in [2.75, 3.05) is 20.3 Å². The van der Waals surface area contributed by atoms with E-state index in [1.807, 2.05) is 36.0 Å². The van der Waals surface area contributed by atoms with Gasteiger partial charge in [0, 0.05) is 24.2 Å². The summed E-state index contributed by atoms with van der Waals surface area (Å²) in [6.45, 7) is 1.78. The Hall–Kier alpha value is -1.00. The van der Waals surface area contributed by atoms with Crippen molar-refractivity contribution in [2.45, 2.75) is 23.8 Å². The number of benzene rings is 1. The molecule has 18 heavy (non-hydrogen) atoms. The van der Waals surface area contributed by atoms with E-state index in [0.29, 0.717) is 10.8 Å². The minimum absolute atomic E-state index is 0.279. The Morgan fingerprint density at radius 3 is 2.61 bits per heavy atom. The van der Waals surface area contributed by atoms with Crippen molar-refractivity contribution in [1.82, 2.24) is 0 Å². The highest BCUT2D eigenvalue weighted by molar-refractivity contribution is 7.99. The third kappa shape index (κ3) is 3.75. The van der Waals surface area contributed by atoms with Gasteiger partial charge in [-0.15, -0.1) is 0 Å². The van der Waals surface area contributed by atoms with E-state index in [-0.39, 0.29) is 5.97 Å².